The Morgan fingerprint density at radius 1 is 1.06 bits per heavy atom. The van der Waals surface area contributed by atoms with E-state index in [0.29, 0.717) is 17.2 Å². The number of hydrogen-bond acceptors (Lipinski definition) is 4. The van der Waals surface area contributed by atoms with Gasteiger partial charge in [-0.05, 0) is 41.0 Å². The molecule has 1 saturated heterocycles. The lowest BCUT2D eigenvalue weighted by Gasteiger charge is -2.25. The molecular weight excluding hydrogens is 404 g/mol. The fourth-order valence-electron chi connectivity index (χ4n) is 3.92. The smallest absolute Gasteiger partial charge is 0.325 e. The molecule has 6 heteroatoms. The first-order chi connectivity index (χ1) is 14.9. The average Bonchev–Trinajstić information content (AvgIpc) is 2.95. The van der Waals surface area contributed by atoms with E-state index < -0.39 is 17.7 Å². The van der Waals surface area contributed by atoms with E-state index in [1.807, 2.05) is 48.5 Å². The molecule has 2 unspecified atom stereocenters. The van der Waals surface area contributed by atoms with Crippen LogP contribution in [0.2, 0.25) is 0 Å². The van der Waals surface area contributed by atoms with Gasteiger partial charge in [-0.25, -0.2) is 4.79 Å². The molecule has 0 radical (unpaired) electrons. The SMILES string of the molecule is CC(C)c1ccc(C2(C)NC(=O)N(CC(O)COc3ccccc3C(C)(C)C)C2=O)cc1. The summed E-state index contributed by atoms with van der Waals surface area (Å²) in [6, 6.07) is 14.9. The van der Waals surface area contributed by atoms with Crippen LogP contribution in [-0.2, 0) is 15.7 Å². The topological polar surface area (TPSA) is 78.9 Å². The number of hydrogen-bond donors (Lipinski definition) is 2. The lowest BCUT2D eigenvalue weighted by Crippen LogP contribution is -2.42. The standard InChI is InChI=1S/C26H34N2O4/c1-17(2)18-11-13-19(14-12-18)26(6)23(30)28(24(31)27-26)15-20(29)16-32-22-10-8-7-9-21(22)25(3,4)5/h7-14,17,20,29H,15-16H2,1-6H3,(H,27,31). The molecule has 0 aliphatic carbocycles. The third-order valence-electron chi connectivity index (χ3n) is 5.95. The summed E-state index contributed by atoms with van der Waals surface area (Å²) in [6.45, 7) is 12.0. The summed E-state index contributed by atoms with van der Waals surface area (Å²) in [5.74, 6) is 0.682. The number of nitrogens with zero attached hydrogens (tertiary/aromatic N) is 1. The van der Waals surface area contributed by atoms with Gasteiger partial charge >= 0.3 is 6.03 Å². The highest BCUT2D eigenvalue weighted by atomic mass is 16.5. The van der Waals surface area contributed by atoms with Gasteiger partial charge in [0.1, 0.15) is 24.0 Å². The molecule has 32 heavy (non-hydrogen) atoms. The molecule has 3 amide bonds. The van der Waals surface area contributed by atoms with E-state index >= 15 is 0 Å². The van der Waals surface area contributed by atoms with E-state index in [0.717, 1.165) is 16.0 Å². The predicted octanol–water partition coefficient (Wildman–Crippen LogP) is 4.31. The summed E-state index contributed by atoms with van der Waals surface area (Å²) in [4.78, 5) is 26.8. The summed E-state index contributed by atoms with van der Waals surface area (Å²) < 4.78 is 5.86. The Labute approximate surface area is 190 Å². The lowest BCUT2D eigenvalue weighted by atomic mass is 9.86. The zero-order chi connectivity index (χ0) is 23.7. The van der Waals surface area contributed by atoms with E-state index in [9.17, 15) is 14.7 Å². The van der Waals surface area contributed by atoms with Crippen LogP contribution in [0, 0.1) is 0 Å². The highest BCUT2D eigenvalue weighted by Crippen LogP contribution is 2.32. The second kappa shape index (κ2) is 8.94. The number of ether oxygens (including phenoxy) is 1. The van der Waals surface area contributed by atoms with Crippen molar-refractivity contribution in [3.05, 3.63) is 65.2 Å². The number of aliphatic hydroxyl groups excluding tert-OH is 1. The van der Waals surface area contributed by atoms with E-state index in [-0.39, 0.29) is 24.5 Å². The molecule has 2 atom stereocenters. The van der Waals surface area contributed by atoms with Gasteiger partial charge in [-0.3, -0.25) is 9.69 Å². The van der Waals surface area contributed by atoms with Crippen LogP contribution in [0.25, 0.3) is 0 Å². The highest BCUT2D eigenvalue weighted by molar-refractivity contribution is 6.07. The number of amides is 3. The largest absolute Gasteiger partial charge is 0.491 e. The maximum absolute atomic E-state index is 13.1. The van der Waals surface area contributed by atoms with E-state index in [1.165, 1.54) is 0 Å². The van der Waals surface area contributed by atoms with Crippen molar-refractivity contribution in [1.29, 1.82) is 0 Å². The summed E-state index contributed by atoms with van der Waals surface area (Å²) in [5.41, 5.74) is 1.63. The van der Waals surface area contributed by atoms with Crippen molar-refractivity contribution in [2.75, 3.05) is 13.2 Å². The van der Waals surface area contributed by atoms with E-state index in [4.69, 9.17) is 4.74 Å². The number of carbonyl (C=O) groups is 2. The van der Waals surface area contributed by atoms with E-state index in [2.05, 4.69) is 39.9 Å². The zero-order valence-electron chi connectivity index (χ0n) is 19.8. The molecule has 172 valence electrons. The molecular formula is C26H34N2O4. The van der Waals surface area contributed by atoms with Crippen LogP contribution in [0.3, 0.4) is 0 Å². The van der Waals surface area contributed by atoms with Gasteiger partial charge in [-0.1, -0.05) is 77.1 Å². The van der Waals surface area contributed by atoms with Crippen LogP contribution < -0.4 is 10.1 Å². The molecule has 2 aromatic rings. The third kappa shape index (κ3) is 4.80. The van der Waals surface area contributed by atoms with Crippen LogP contribution >= 0.6 is 0 Å². The molecule has 1 aliphatic heterocycles. The Morgan fingerprint density at radius 3 is 2.28 bits per heavy atom. The maximum Gasteiger partial charge on any atom is 0.325 e. The van der Waals surface area contributed by atoms with Gasteiger partial charge in [0.2, 0.25) is 0 Å². The first kappa shape index (κ1) is 23.8. The number of rotatable bonds is 7. The van der Waals surface area contributed by atoms with Gasteiger partial charge in [0.25, 0.3) is 5.91 Å². The summed E-state index contributed by atoms with van der Waals surface area (Å²) in [5, 5.41) is 13.3. The molecule has 3 rings (SSSR count). The molecule has 0 aromatic heterocycles. The minimum absolute atomic E-state index is 0.0239. The van der Waals surface area contributed by atoms with Crippen molar-refractivity contribution in [3.63, 3.8) is 0 Å². The Hall–Kier alpha value is -2.86. The monoisotopic (exact) mass is 438 g/mol. The number of para-hydroxylation sites is 1. The van der Waals surface area contributed by atoms with Gasteiger partial charge in [0, 0.05) is 0 Å². The molecule has 0 bridgehead atoms. The van der Waals surface area contributed by atoms with Crippen molar-refractivity contribution < 1.29 is 19.4 Å². The van der Waals surface area contributed by atoms with Crippen molar-refractivity contribution in [2.45, 2.75) is 64.5 Å². The van der Waals surface area contributed by atoms with Crippen LogP contribution in [0.1, 0.15) is 64.2 Å². The summed E-state index contributed by atoms with van der Waals surface area (Å²) in [7, 11) is 0. The summed E-state index contributed by atoms with van der Waals surface area (Å²) in [6.07, 6.45) is -1.01. The average molecular weight is 439 g/mol. The third-order valence-corrected chi connectivity index (χ3v) is 5.95. The molecule has 1 fully saturated rings. The Balaban J connectivity index is 1.68. The molecule has 1 aliphatic rings. The Kier molecular flexibility index (Phi) is 6.65. The fourth-order valence-corrected chi connectivity index (χ4v) is 3.92. The Morgan fingerprint density at radius 2 is 1.69 bits per heavy atom. The molecule has 2 aromatic carbocycles. The van der Waals surface area contributed by atoms with Crippen LogP contribution in [0.5, 0.6) is 5.75 Å². The minimum Gasteiger partial charge on any atom is -0.491 e. The first-order valence-electron chi connectivity index (χ1n) is 11.1. The molecule has 0 saturated carbocycles. The number of imide groups is 1. The lowest BCUT2D eigenvalue weighted by molar-refractivity contribution is -0.132. The number of nitrogens with one attached hydrogen (secondary N) is 1. The number of carbonyl (C=O) groups excluding carboxylic acids is 2. The Bertz CT molecular complexity index is 978. The summed E-state index contributed by atoms with van der Waals surface area (Å²) >= 11 is 0. The number of urea groups is 1. The van der Waals surface area contributed by atoms with Crippen molar-refractivity contribution in [3.8, 4) is 5.75 Å². The normalized spacial score (nSPS) is 19.9. The van der Waals surface area contributed by atoms with Gasteiger partial charge in [0.15, 0.2) is 0 Å². The quantitative estimate of drug-likeness (QED) is 0.631. The van der Waals surface area contributed by atoms with Crippen LogP contribution in [-0.4, -0.2) is 41.2 Å². The second-order valence-electron chi connectivity index (χ2n) is 9.96. The van der Waals surface area contributed by atoms with Crippen molar-refractivity contribution >= 4 is 11.9 Å². The fraction of sp³-hybridized carbons (Fsp3) is 0.462. The molecule has 2 N–H and O–H groups in total. The predicted molar refractivity (Wildman–Crippen MR) is 125 cm³/mol. The maximum atomic E-state index is 13.1. The van der Waals surface area contributed by atoms with Gasteiger partial charge in [-0.2, -0.15) is 0 Å². The highest BCUT2D eigenvalue weighted by Gasteiger charge is 2.49. The van der Waals surface area contributed by atoms with Crippen molar-refractivity contribution in [2.24, 2.45) is 0 Å². The van der Waals surface area contributed by atoms with Gasteiger partial charge in [-0.15, -0.1) is 0 Å². The molecule has 1 heterocycles. The molecule has 0 spiro atoms. The van der Waals surface area contributed by atoms with Crippen molar-refractivity contribution in [1.82, 2.24) is 10.2 Å². The van der Waals surface area contributed by atoms with Crippen LogP contribution in [0.4, 0.5) is 4.79 Å². The van der Waals surface area contributed by atoms with E-state index in [1.54, 1.807) is 6.92 Å². The second-order valence-corrected chi connectivity index (χ2v) is 9.96. The number of β-amino-alcohol motifs (C(OH)–C–C–N with tert-alkyl or cyclic N) is 1. The minimum atomic E-state index is -1.16. The zero-order valence-corrected chi connectivity index (χ0v) is 19.8. The number of aliphatic hydroxyl groups is 1. The van der Waals surface area contributed by atoms with Crippen LogP contribution in [0.15, 0.2) is 48.5 Å². The van der Waals surface area contributed by atoms with Gasteiger partial charge < -0.3 is 15.2 Å². The first-order valence-corrected chi connectivity index (χ1v) is 11.1. The number of benzene rings is 2. The van der Waals surface area contributed by atoms with Gasteiger partial charge in [0.05, 0.1) is 6.54 Å². The molecule has 6 nitrogen and oxygen atoms in total.